The van der Waals surface area contributed by atoms with Gasteiger partial charge in [0.05, 0.1) is 0 Å². The van der Waals surface area contributed by atoms with E-state index < -0.39 is 0 Å². The summed E-state index contributed by atoms with van der Waals surface area (Å²) in [6.45, 7) is 0.778. The molecule has 0 bridgehead atoms. The van der Waals surface area contributed by atoms with Crippen molar-refractivity contribution < 1.29 is 0 Å². The van der Waals surface area contributed by atoms with Crippen LogP contribution in [-0.2, 0) is 13.5 Å². The Morgan fingerprint density at radius 1 is 1.31 bits per heavy atom. The van der Waals surface area contributed by atoms with E-state index >= 15 is 0 Å². The van der Waals surface area contributed by atoms with E-state index in [1.807, 2.05) is 11.7 Å². The van der Waals surface area contributed by atoms with Gasteiger partial charge in [0.2, 0.25) is 0 Å². The van der Waals surface area contributed by atoms with Crippen LogP contribution in [0.25, 0.3) is 0 Å². The summed E-state index contributed by atoms with van der Waals surface area (Å²) in [4.78, 5) is 4.33. The normalized spacial score (nSPS) is 20.6. The Morgan fingerprint density at radius 3 is 2.50 bits per heavy atom. The third-order valence-corrected chi connectivity index (χ3v) is 3.94. The molecule has 0 saturated heterocycles. The van der Waals surface area contributed by atoms with Crippen LogP contribution in [0.3, 0.4) is 0 Å². The third kappa shape index (κ3) is 2.43. The second-order valence-corrected chi connectivity index (χ2v) is 5.09. The van der Waals surface area contributed by atoms with Crippen LogP contribution >= 0.6 is 0 Å². The van der Waals surface area contributed by atoms with E-state index in [4.69, 9.17) is 5.73 Å². The zero-order valence-electron chi connectivity index (χ0n) is 10.2. The zero-order chi connectivity index (χ0) is 11.4. The molecule has 1 saturated carbocycles. The van der Waals surface area contributed by atoms with Crippen LogP contribution in [0.1, 0.15) is 44.3 Å². The molecule has 1 aliphatic carbocycles. The van der Waals surface area contributed by atoms with Crippen LogP contribution in [-0.4, -0.2) is 21.3 Å². The predicted molar refractivity (Wildman–Crippen MR) is 63.9 cm³/mol. The average Bonchev–Trinajstić information content (AvgIpc) is 2.56. The minimum atomic E-state index is 0.275. The van der Waals surface area contributed by atoms with Gasteiger partial charge >= 0.3 is 0 Å². The summed E-state index contributed by atoms with van der Waals surface area (Å²) in [5.74, 6) is 1.08. The SMILES string of the molecule is Cn1ncnc1CC1(CN)CCCCCC1. The van der Waals surface area contributed by atoms with Gasteiger partial charge < -0.3 is 5.73 Å². The monoisotopic (exact) mass is 222 g/mol. The lowest BCUT2D eigenvalue weighted by molar-refractivity contribution is 0.244. The highest BCUT2D eigenvalue weighted by Gasteiger charge is 2.31. The van der Waals surface area contributed by atoms with E-state index in [1.54, 1.807) is 6.33 Å². The van der Waals surface area contributed by atoms with Crippen LogP contribution in [0.5, 0.6) is 0 Å². The van der Waals surface area contributed by atoms with Gasteiger partial charge in [-0.25, -0.2) is 4.98 Å². The number of rotatable bonds is 3. The molecule has 1 aliphatic rings. The molecule has 1 fully saturated rings. The average molecular weight is 222 g/mol. The molecule has 1 aromatic rings. The Balaban J connectivity index is 2.11. The van der Waals surface area contributed by atoms with Gasteiger partial charge in [-0.1, -0.05) is 25.7 Å². The fourth-order valence-corrected chi connectivity index (χ4v) is 2.75. The summed E-state index contributed by atoms with van der Waals surface area (Å²) in [5, 5.41) is 4.14. The van der Waals surface area contributed by atoms with Crippen molar-refractivity contribution in [2.75, 3.05) is 6.54 Å². The topological polar surface area (TPSA) is 56.7 Å². The maximum Gasteiger partial charge on any atom is 0.138 e. The van der Waals surface area contributed by atoms with Crippen molar-refractivity contribution in [2.45, 2.75) is 44.9 Å². The van der Waals surface area contributed by atoms with Gasteiger partial charge in [-0.15, -0.1) is 0 Å². The predicted octanol–water partition coefficient (Wildman–Crippen LogP) is 1.66. The molecule has 1 aromatic heterocycles. The van der Waals surface area contributed by atoms with Crippen molar-refractivity contribution in [3.8, 4) is 0 Å². The number of hydrogen-bond acceptors (Lipinski definition) is 3. The number of hydrogen-bond donors (Lipinski definition) is 1. The Bertz CT molecular complexity index is 324. The first-order valence-corrected chi connectivity index (χ1v) is 6.29. The van der Waals surface area contributed by atoms with E-state index in [0.29, 0.717) is 0 Å². The Kier molecular flexibility index (Phi) is 3.59. The van der Waals surface area contributed by atoms with Crippen molar-refractivity contribution in [1.29, 1.82) is 0 Å². The van der Waals surface area contributed by atoms with Gasteiger partial charge in [0.25, 0.3) is 0 Å². The van der Waals surface area contributed by atoms with E-state index in [2.05, 4.69) is 10.1 Å². The fourth-order valence-electron chi connectivity index (χ4n) is 2.75. The fraction of sp³-hybridized carbons (Fsp3) is 0.833. The van der Waals surface area contributed by atoms with Crippen LogP contribution in [0, 0.1) is 5.41 Å². The molecule has 4 nitrogen and oxygen atoms in total. The van der Waals surface area contributed by atoms with Gasteiger partial charge in [0.1, 0.15) is 12.2 Å². The zero-order valence-corrected chi connectivity index (χ0v) is 10.2. The first kappa shape index (κ1) is 11.6. The summed E-state index contributed by atoms with van der Waals surface area (Å²) in [6, 6.07) is 0. The maximum absolute atomic E-state index is 6.02. The van der Waals surface area contributed by atoms with Gasteiger partial charge in [0, 0.05) is 13.5 Å². The highest BCUT2D eigenvalue weighted by Crippen LogP contribution is 2.36. The number of nitrogens with zero attached hydrogens (tertiary/aromatic N) is 3. The van der Waals surface area contributed by atoms with Gasteiger partial charge in [-0.3, -0.25) is 4.68 Å². The summed E-state index contributed by atoms with van der Waals surface area (Å²) in [6.07, 6.45) is 10.5. The molecule has 0 atom stereocenters. The standard InChI is InChI=1S/C12H22N4/c1-16-11(14-10-15-16)8-12(9-13)6-4-2-3-5-7-12/h10H,2-9,13H2,1H3. The largest absolute Gasteiger partial charge is 0.330 e. The number of aryl methyl sites for hydroxylation is 1. The van der Waals surface area contributed by atoms with Crippen molar-refractivity contribution >= 4 is 0 Å². The third-order valence-electron chi connectivity index (χ3n) is 3.94. The van der Waals surface area contributed by atoms with Crippen LogP contribution < -0.4 is 5.73 Å². The first-order chi connectivity index (χ1) is 7.76. The van der Waals surface area contributed by atoms with Crippen molar-refractivity contribution in [1.82, 2.24) is 14.8 Å². The summed E-state index contributed by atoms with van der Waals surface area (Å²) in [5.41, 5.74) is 6.29. The molecule has 2 N–H and O–H groups in total. The van der Waals surface area contributed by atoms with Gasteiger partial charge in [-0.2, -0.15) is 5.10 Å². The highest BCUT2D eigenvalue weighted by atomic mass is 15.3. The maximum atomic E-state index is 6.02. The van der Waals surface area contributed by atoms with Crippen LogP contribution in [0.2, 0.25) is 0 Å². The molecule has 0 aliphatic heterocycles. The quantitative estimate of drug-likeness (QED) is 0.791. The number of nitrogens with two attached hydrogens (primary N) is 1. The van der Waals surface area contributed by atoms with Gasteiger partial charge in [-0.05, 0) is 24.8 Å². The second-order valence-electron chi connectivity index (χ2n) is 5.09. The summed E-state index contributed by atoms with van der Waals surface area (Å²) in [7, 11) is 1.96. The Labute approximate surface area is 97.2 Å². The summed E-state index contributed by atoms with van der Waals surface area (Å²) < 4.78 is 1.88. The highest BCUT2D eigenvalue weighted by molar-refractivity contribution is 4.95. The van der Waals surface area contributed by atoms with E-state index in [-0.39, 0.29) is 5.41 Å². The molecule has 4 heteroatoms. The van der Waals surface area contributed by atoms with E-state index in [9.17, 15) is 0 Å². The van der Waals surface area contributed by atoms with Crippen LogP contribution in [0.4, 0.5) is 0 Å². The van der Waals surface area contributed by atoms with Crippen molar-refractivity contribution in [3.05, 3.63) is 12.2 Å². The molecule has 0 radical (unpaired) electrons. The molecule has 0 unspecified atom stereocenters. The Hall–Kier alpha value is -0.900. The molecule has 2 rings (SSSR count). The minimum Gasteiger partial charge on any atom is -0.330 e. The smallest absolute Gasteiger partial charge is 0.138 e. The van der Waals surface area contributed by atoms with Crippen molar-refractivity contribution in [3.63, 3.8) is 0 Å². The van der Waals surface area contributed by atoms with Crippen LogP contribution in [0.15, 0.2) is 6.33 Å². The molecule has 16 heavy (non-hydrogen) atoms. The Morgan fingerprint density at radius 2 is 2.00 bits per heavy atom. The molecule has 0 spiro atoms. The molecule has 90 valence electrons. The molecular weight excluding hydrogens is 200 g/mol. The minimum absolute atomic E-state index is 0.275. The van der Waals surface area contributed by atoms with Crippen molar-refractivity contribution in [2.24, 2.45) is 18.2 Å². The lowest BCUT2D eigenvalue weighted by Gasteiger charge is -2.30. The molecule has 0 aromatic carbocycles. The van der Waals surface area contributed by atoms with E-state index in [1.165, 1.54) is 38.5 Å². The number of aromatic nitrogens is 3. The molecule has 0 amide bonds. The summed E-state index contributed by atoms with van der Waals surface area (Å²) >= 11 is 0. The first-order valence-electron chi connectivity index (χ1n) is 6.29. The second kappa shape index (κ2) is 4.95. The van der Waals surface area contributed by atoms with Gasteiger partial charge in [0.15, 0.2) is 0 Å². The lowest BCUT2D eigenvalue weighted by Crippen LogP contribution is -2.33. The lowest BCUT2D eigenvalue weighted by atomic mass is 9.77. The van der Waals surface area contributed by atoms with E-state index in [0.717, 1.165) is 18.8 Å². The molecular formula is C12H22N4. The molecule has 1 heterocycles.